The molecule has 0 spiro atoms. The molecule has 154 valence electrons. The molecule has 8 nitrogen and oxygen atoms in total. The number of ether oxygens (including phenoxy) is 1. The van der Waals surface area contributed by atoms with Gasteiger partial charge in [0.15, 0.2) is 0 Å². The molecule has 1 saturated carbocycles. The number of aryl methyl sites for hydroxylation is 2. The maximum Gasteiger partial charge on any atom is 0.261 e. The van der Waals surface area contributed by atoms with E-state index in [1.807, 2.05) is 0 Å². The summed E-state index contributed by atoms with van der Waals surface area (Å²) in [6.07, 6.45) is 5.73. The zero-order valence-electron chi connectivity index (χ0n) is 16.7. The van der Waals surface area contributed by atoms with Crippen molar-refractivity contribution in [1.29, 1.82) is 0 Å². The third-order valence-electron chi connectivity index (χ3n) is 5.05. The van der Waals surface area contributed by atoms with Gasteiger partial charge in [0.1, 0.15) is 11.3 Å². The SMILES string of the molecule is CCS(=O)(=O)Nc1ccc(OCC2CC2)c(-c2cn(C)c(=O)c3cn(C)nc23)c1. The molecule has 1 N–H and O–H groups in total. The number of hydrogen-bond acceptors (Lipinski definition) is 5. The van der Waals surface area contributed by atoms with Gasteiger partial charge in [-0.1, -0.05) is 0 Å². The van der Waals surface area contributed by atoms with Gasteiger partial charge in [-0.2, -0.15) is 5.10 Å². The second-order valence-corrected chi connectivity index (χ2v) is 9.51. The van der Waals surface area contributed by atoms with E-state index in [0.717, 1.165) is 12.8 Å². The summed E-state index contributed by atoms with van der Waals surface area (Å²) in [5.74, 6) is 1.19. The van der Waals surface area contributed by atoms with E-state index in [2.05, 4.69) is 9.82 Å². The number of nitrogens with zero attached hydrogens (tertiary/aromatic N) is 3. The Kier molecular flexibility index (Phi) is 4.85. The average molecular weight is 417 g/mol. The van der Waals surface area contributed by atoms with Gasteiger partial charge in [-0.25, -0.2) is 8.42 Å². The van der Waals surface area contributed by atoms with Crippen LogP contribution >= 0.6 is 0 Å². The largest absolute Gasteiger partial charge is 0.493 e. The number of aromatic nitrogens is 3. The van der Waals surface area contributed by atoms with Gasteiger partial charge in [-0.15, -0.1) is 0 Å². The fourth-order valence-corrected chi connectivity index (χ4v) is 3.85. The molecule has 0 aliphatic heterocycles. The molecule has 1 aromatic carbocycles. The van der Waals surface area contributed by atoms with Gasteiger partial charge in [-0.05, 0) is 43.9 Å². The maximum atomic E-state index is 12.5. The Labute approximate surface area is 169 Å². The van der Waals surface area contributed by atoms with Crippen molar-refractivity contribution in [3.05, 3.63) is 40.9 Å². The second kappa shape index (κ2) is 7.22. The number of sulfonamides is 1. The van der Waals surface area contributed by atoms with Crippen molar-refractivity contribution in [3.63, 3.8) is 0 Å². The van der Waals surface area contributed by atoms with Crippen molar-refractivity contribution in [3.8, 4) is 16.9 Å². The molecule has 29 heavy (non-hydrogen) atoms. The number of nitrogens with one attached hydrogen (secondary N) is 1. The average Bonchev–Trinajstić information content (AvgIpc) is 3.43. The molecule has 9 heteroatoms. The predicted molar refractivity (Wildman–Crippen MR) is 113 cm³/mol. The summed E-state index contributed by atoms with van der Waals surface area (Å²) in [4.78, 5) is 12.5. The summed E-state index contributed by atoms with van der Waals surface area (Å²) in [5, 5.41) is 4.97. The number of hydrogen-bond donors (Lipinski definition) is 1. The minimum atomic E-state index is -3.42. The van der Waals surface area contributed by atoms with Gasteiger partial charge >= 0.3 is 0 Å². The minimum Gasteiger partial charge on any atom is -0.493 e. The van der Waals surface area contributed by atoms with E-state index in [0.29, 0.717) is 46.0 Å². The highest BCUT2D eigenvalue weighted by atomic mass is 32.2. The van der Waals surface area contributed by atoms with Crippen LogP contribution in [0.3, 0.4) is 0 Å². The highest BCUT2D eigenvalue weighted by molar-refractivity contribution is 7.92. The molecule has 4 rings (SSSR count). The Morgan fingerprint density at radius 2 is 1.97 bits per heavy atom. The molecule has 1 fully saturated rings. The van der Waals surface area contributed by atoms with Crippen molar-refractivity contribution in [2.24, 2.45) is 20.0 Å². The lowest BCUT2D eigenvalue weighted by atomic mass is 10.0. The van der Waals surface area contributed by atoms with Gasteiger partial charge in [0.25, 0.3) is 5.56 Å². The van der Waals surface area contributed by atoms with Gasteiger partial charge in [0.05, 0.1) is 17.7 Å². The first-order chi connectivity index (χ1) is 13.8. The molecule has 0 radical (unpaired) electrons. The van der Waals surface area contributed by atoms with Gasteiger partial charge in [-0.3, -0.25) is 14.2 Å². The van der Waals surface area contributed by atoms with E-state index < -0.39 is 10.0 Å². The quantitative estimate of drug-likeness (QED) is 0.638. The Morgan fingerprint density at radius 1 is 1.21 bits per heavy atom. The lowest BCUT2D eigenvalue weighted by Crippen LogP contribution is -2.16. The summed E-state index contributed by atoms with van der Waals surface area (Å²) < 4.78 is 35.8. The Hall–Kier alpha value is -2.81. The molecule has 0 amide bonds. The maximum absolute atomic E-state index is 12.5. The molecule has 1 aliphatic rings. The number of rotatable bonds is 7. The molecule has 3 aromatic rings. The molecule has 0 unspecified atom stereocenters. The van der Waals surface area contributed by atoms with E-state index in [9.17, 15) is 13.2 Å². The molecule has 0 atom stereocenters. The van der Waals surface area contributed by atoms with Crippen molar-refractivity contribution in [2.45, 2.75) is 19.8 Å². The fourth-order valence-electron chi connectivity index (χ4n) is 3.22. The zero-order valence-corrected chi connectivity index (χ0v) is 17.5. The Morgan fingerprint density at radius 3 is 2.66 bits per heavy atom. The van der Waals surface area contributed by atoms with Gasteiger partial charge in [0.2, 0.25) is 10.0 Å². The summed E-state index contributed by atoms with van der Waals surface area (Å²) in [6, 6.07) is 5.20. The summed E-state index contributed by atoms with van der Waals surface area (Å²) in [5.41, 5.74) is 2.27. The van der Waals surface area contributed by atoms with Crippen LogP contribution in [0.2, 0.25) is 0 Å². The van der Waals surface area contributed by atoms with Crippen LogP contribution in [0, 0.1) is 5.92 Å². The summed E-state index contributed by atoms with van der Waals surface area (Å²) >= 11 is 0. The van der Waals surface area contributed by atoms with Crippen LogP contribution < -0.4 is 15.0 Å². The topological polar surface area (TPSA) is 95.2 Å². The number of benzene rings is 1. The predicted octanol–water partition coefficient (Wildman–Crippen LogP) is 2.49. The summed E-state index contributed by atoms with van der Waals surface area (Å²) in [6.45, 7) is 2.20. The van der Waals surface area contributed by atoms with Crippen LogP contribution in [-0.2, 0) is 24.1 Å². The second-order valence-electron chi connectivity index (χ2n) is 7.49. The van der Waals surface area contributed by atoms with Crippen LogP contribution in [0.1, 0.15) is 19.8 Å². The van der Waals surface area contributed by atoms with E-state index >= 15 is 0 Å². The van der Waals surface area contributed by atoms with Crippen molar-refractivity contribution < 1.29 is 13.2 Å². The first-order valence-corrected chi connectivity index (χ1v) is 11.2. The standard InChI is InChI=1S/C20H24N4O4S/c1-4-29(26,27)22-14-7-8-18(28-12-13-5-6-13)15(9-14)16-10-23(2)20(25)17-11-24(3)21-19(16)17/h7-11,13,22H,4-6,12H2,1-3H3. The molecule has 0 saturated heterocycles. The van der Waals surface area contributed by atoms with Crippen LogP contribution in [0.15, 0.2) is 35.4 Å². The Bertz CT molecular complexity index is 1240. The minimum absolute atomic E-state index is 0.0212. The van der Waals surface area contributed by atoms with E-state index in [4.69, 9.17) is 4.74 Å². The molecule has 2 aromatic heterocycles. The van der Waals surface area contributed by atoms with E-state index in [1.165, 1.54) is 4.57 Å². The van der Waals surface area contributed by atoms with E-state index in [1.54, 1.807) is 56.3 Å². The monoisotopic (exact) mass is 416 g/mol. The molecular weight excluding hydrogens is 392 g/mol. The van der Waals surface area contributed by atoms with Crippen LogP contribution in [0.4, 0.5) is 5.69 Å². The lowest BCUT2D eigenvalue weighted by molar-refractivity contribution is 0.301. The van der Waals surface area contributed by atoms with Crippen LogP contribution in [0.25, 0.3) is 22.0 Å². The summed E-state index contributed by atoms with van der Waals surface area (Å²) in [7, 11) is 0.0315. The third kappa shape index (κ3) is 4.00. The zero-order chi connectivity index (χ0) is 20.8. The molecule has 0 bridgehead atoms. The molecular formula is C20H24N4O4S. The van der Waals surface area contributed by atoms with Crippen LogP contribution in [0.5, 0.6) is 5.75 Å². The normalized spacial score (nSPS) is 14.3. The third-order valence-corrected chi connectivity index (χ3v) is 6.36. The highest BCUT2D eigenvalue weighted by Crippen LogP contribution is 2.37. The first kappa shape index (κ1) is 19.5. The van der Waals surface area contributed by atoms with Crippen molar-refractivity contribution in [2.75, 3.05) is 17.1 Å². The van der Waals surface area contributed by atoms with Crippen molar-refractivity contribution >= 4 is 26.6 Å². The molecule has 1 aliphatic carbocycles. The van der Waals surface area contributed by atoms with Gasteiger partial charge < -0.3 is 9.30 Å². The van der Waals surface area contributed by atoms with Crippen LogP contribution in [-0.4, -0.2) is 35.1 Å². The number of anilines is 1. The molecule has 2 heterocycles. The van der Waals surface area contributed by atoms with Crippen molar-refractivity contribution in [1.82, 2.24) is 14.3 Å². The number of fused-ring (bicyclic) bond motifs is 1. The lowest BCUT2D eigenvalue weighted by Gasteiger charge is -2.15. The van der Waals surface area contributed by atoms with Gasteiger partial charge in [0, 0.05) is 43.3 Å². The highest BCUT2D eigenvalue weighted by Gasteiger charge is 2.23. The fraction of sp³-hybridized carbons (Fsp3) is 0.400. The smallest absolute Gasteiger partial charge is 0.261 e. The van der Waals surface area contributed by atoms with E-state index in [-0.39, 0.29) is 11.3 Å². The first-order valence-electron chi connectivity index (χ1n) is 9.58. The Balaban J connectivity index is 1.88. The number of pyridine rings is 1.